The van der Waals surface area contributed by atoms with Crippen molar-refractivity contribution in [3.8, 4) is 22.6 Å². The maximum absolute atomic E-state index is 12.3. The quantitative estimate of drug-likeness (QED) is 0.401. The minimum absolute atomic E-state index is 0.118. The fourth-order valence-corrected chi connectivity index (χ4v) is 3.81. The van der Waals surface area contributed by atoms with E-state index in [-0.39, 0.29) is 18.2 Å². The normalized spacial score (nSPS) is 10.7. The summed E-state index contributed by atoms with van der Waals surface area (Å²) in [6.07, 6.45) is 2.33. The number of aryl methyl sites for hydroxylation is 2. The van der Waals surface area contributed by atoms with Crippen LogP contribution in [0, 0.1) is 6.92 Å². The third-order valence-corrected chi connectivity index (χ3v) is 5.46. The van der Waals surface area contributed by atoms with E-state index in [0.717, 1.165) is 22.5 Å². The van der Waals surface area contributed by atoms with Crippen LogP contribution in [-0.4, -0.2) is 21.8 Å². The van der Waals surface area contributed by atoms with Gasteiger partial charge in [0.25, 0.3) is 0 Å². The molecule has 0 unspecified atom stereocenters. The first kappa shape index (κ1) is 21.5. The van der Waals surface area contributed by atoms with Crippen LogP contribution in [0.5, 0.6) is 0 Å². The van der Waals surface area contributed by atoms with Crippen LogP contribution in [0.25, 0.3) is 22.6 Å². The Morgan fingerprint density at radius 1 is 1.00 bits per heavy atom. The molecule has 2 aromatic carbocycles. The van der Waals surface area contributed by atoms with Gasteiger partial charge in [-0.3, -0.25) is 9.59 Å². The van der Waals surface area contributed by atoms with E-state index in [1.54, 1.807) is 6.20 Å². The van der Waals surface area contributed by atoms with Gasteiger partial charge in [0.1, 0.15) is 0 Å². The van der Waals surface area contributed by atoms with Gasteiger partial charge >= 0.3 is 0 Å². The molecule has 0 fully saturated rings. The van der Waals surface area contributed by atoms with Crippen molar-refractivity contribution in [1.82, 2.24) is 9.97 Å². The minimum atomic E-state index is -0.151. The van der Waals surface area contributed by atoms with E-state index >= 15 is 0 Å². The van der Waals surface area contributed by atoms with Crippen molar-refractivity contribution in [2.45, 2.75) is 26.7 Å². The molecule has 2 aromatic heterocycles. The van der Waals surface area contributed by atoms with Crippen molar-refractivity contribution in [1.29, 1.82) is 0 Å². The van der Waals surface area contributed by atoms with Crippen molar-refractivity contribution in [2.75, 3.05) is 10.6 Å². The maximum atomic E-state index is 12.3. The Balaban J connectivity index is 1.31. The van der Waals surface area contributed by atoms with Gasteiger partial charge in [0.05, 0.1) is 11.9 Å². The fourth-order valence-electron chi connectivity index (χ4n) is 3.07. The SMILES string of the molecule is CC(=O)Nc1ccc(-c2csc(NC(=O)CCc3ncc(-c4ccc(C)cc4)o3)n2)cc1. The molecule has 0 aliphatic carbocycles. The second-order valence-electron chi connectivity index (χ2n) is 7.33. The molecular formula is C24H22N4O3S. The standard InChI is InChI=1S/C24H22N4O3S/c1-15-3-5-18(6-4-15)21-13-25-23(31-21)12-11-22(30)28-24-27-20(14-32-24)17-7-9-19(10-8-17)26-16(2)29/h3-10,13-14H,11-12H2,1-2H3,(H,26,29)(H,27,28,30). The van der Waals surface area contributed by atoms with Crippen LogP contribution in [0.3, 0.4) is 0 Å². The van der Waals surface area contributed by atoms with Crippen molar-refractivity contribution < 1.29 is 14.0 Å². The number of carbonyl (C=O) groups excluding carboxylic acids is 2. The Morgan fingerprint density at radius 2 is 1.72 bits per heavy atom. The van der Waals surface area contributed by atoms with Gasteiger partial charge in [-0.15, -0.1) is 11.3 Å². The van der Waals surface area contributed by atoms with Gasteiger partial charge in [-0.05, 0) is 19.1 Å². The van der Waals surface area contributed by atoms with Crippen LogP contribution >= 0.6 is 11.3 Å². The van der Waals surface area contributed by atoms with Gasteiger partial charge in [0.2, 0.25) is 11.8 Å². The molecule has 8 heteroatoms. The Morgan fingerprint density at radius 3 is 2.44 bits per heavy atom. The van der Waals surface area contributed by atoms with Gasteiger partial charge in [-0.2, -0.15) is 0 Å². The lowest BCUT2D eigenvalue weighted by Crippen LogP contribution is -2.12. The highest BCUT2D eigenvalue weighted by Crippen LogP contribution is 2.26. The van der Waals surface area contributed by atoms with Crippen molar-refractivity contribution >= 4 is 34.0 Å². The number of oxazole rings is 1. The summed E-state index contributed by atoms with van der Waals surface area (Å²) >= 11 is 1.36. The first-order valence-electron chi connectivity index (χ1n) is 10.1. The first-order chi connectivity index (χ1) is 15.5. The molecule has 4 rings (SSSR count). The number of thiazole rings is 1. The zero-order valence-corrected chi connectivity index (χ0v) is 18.5. The van der Waals surface area contributed by atoms with Crippen LogP contribution < -0.4 is 10.6 Å². The van der Waals surface area contributed by atoms with Crippen molar-refractivity contribution in [2.24, 2.45) is 0 Å². The molecule has 0 spiro atoms. The Labute approximate surface area is 189 Å². The van der Waals surface area contributed by atoms with Crippen LogP contribution in [-0.2, 0) is 16.0 Å². The average molecular weight is 447 g/mol. The summed E-state index contributed by atoms with van der Waals surface area (Å²) in [5.74, 6) is 0.943. The predicted molar refractivity (Wildman–Crippen MR) is 125 cm³/mol. The van der Waals surface area contributed by atoms with Gasteiger partial charge in [0, 0.05) is 42.0 Å². The monoisotopic (exact) mass is 446 g/mol. The summed E-state index contributed by atoms with van der Waals surface area (Å²) in [4.78, 5) is 32.2. The highest BCUT2D eigenvalue weighted by Gasteiger charge is 2.11. The Hall–Kier alpha value is -3.78. The third kappa shape index (κ3) is 5.47. The highest BCUT2D eigenvalue weighted by atomic mass is 32.1. The number of anilines is 2. The second kappa shape index (κ2) is 9.57. The van der Waals surface area contributed by atoms with E-state index in [2.05, 4.69) is 20.6 Å². The number of nitrogens with zero attached hydrogens (tertiary/aromatic N) is 2. The van der Waals surface area contributed by atoms with Crippen LogP contribution in [0.15, 0.2) is 64.5 Å². The third-order valence-electron chi connectivity index (χ3n) is 4.71. The van der Waals surface area contributed by atoms with Crippen LogP contribution in [0.2, 0.25) is 0 Å². The topological polar surface area (TPSA) is 97.1 Å². The lowest BCUT2D eigenvalue weighted by molar-refractivity contribution is -0.116. The van der Waals surface area contributed by atoms with Crippen LogP contribution in [0.1, 0.15) is 24.8 Å². The largest absolute Gasteiger partial charge is 0.441 e. The molecule has 0 saturated heterocycles. The molecule has 0 aliphatic rings. The second-order valence-corrected chi connectivity index (χ2v) is 8.19. The lowest BCUT2D eigenvalue weighted by Gasteiger charge is -2.03. The molecule has 162 valence electrons. The van der Waals surface area contributed by atoms with E-state index in [1.165, 1.54) is 23.8 Å². The molecular weight excluding hydrogens is 424 g/mol. The predicted octanol–water partition coefficient (Wildman–Crippen LogP) is 5.30. The van der Waals surface area contributed by atoms with Gasteiger partial charge < -0.3 is 15.1 Å². The zero-order chi connectivity index (χ0) is 22.5. The maximum Gasteiger partial charge on any atom is 0.226 e. The van der Waals surface area contributed by atoms with E-state index in [9.17, 15) is 9.59 Å². The fraction of sp³-hybridized carbons (Fsp3) is 0.167. The molecule has 0 radical (unpaired) electrons. The summed E-state index contributed by atoms with van der Waals surface area (Å²) < 4.78 is 5.78. The highest BCUT2D eigenvalue weighted by molar-refractivity contribution is 7.14. The van der Waals surface area contributed by atoms with Crippen molar-refractivity contribution in [3.63, 3.8) is 0 Å². The molecule has 7 nitrogen and oxygen atoms in total. The number of amides is 2. The van der Waals surface area contributed by atoms with Gasteiger partial charge in [0.15, 0.2) is 16.8 Å². The Kier molecular flexibility index (Phi) is 6.42. The van der Waals surface area contributed by atoms with E-state index < -0.39 is 0 Å². The first-order valence-corrected chi connectivity index (χ1v) is 11.0. The van der Waals surface area contributed by atoms with E-state index in [4.69, 9.17) is 4.42 Å². The van der Waals surface area contributed by atoms with Crippen molar-refractivity contribution in [3.05, 3.63) is 71.6 Å². The number of hydrogen-bond donors (Lipinski definition) is 2. The number of benzene rings is 2. The number of hydrogen-bond acceptors (Lipinski definition) is 6. The molecule has 2 N–H and O–H groups in total. The van der Waals surface area contributed by atoms with Gasteiger partial charge in [-0.25, -0.2) is 9.97 Å². The molecule has 0 bridgehead atoms. The molecule has 2 amide bonds. The summed E-state index contributed by atoms with van der Waals surface area (Å²) in [6, 6.07) is 15.4. The van der Waals surface area contributed by atoms with Crippen LogP contribution in [0.4, 0.5) is 10.8 Å². The van der Waals surface area contributed by atoms with Gasteiger partial charge in [-0.1, -0.05) is 42.0 Å². The lowest BCUT2D eigenvalue weighted by atomic mass is 10.1. The molecule has 2 heterocycles. The summed E-state index contributed by atoms with van der Waals surface area (Å²) in [7, 11) is 0. The summed E-state index contributed by atoms with van der Waals surface area (Å²) in [6.45, 7) is 3.50. The summed E-state index contributed by atoms with van der Waals surface area (Å²) in [5, 5.41) is 7.97. The summed E-state index contributed by atoms with van der Waals surface area (Å²) in [5.41, 5.74) is 4.52. The average Bonchev–Trinajstić information content (AvgIpc) is 3.43. The smallest absolute Gasteiger partial charge is 0.226 e. The van der Waals surface area contributed by atoms with E-state index in [0.29, 0.717) is 23.2 Å². The van der Waals surface area contributed by atoms with E-state index in [1.807, 2.05) is 60.8 Å². The number of aromatic nitrogens is 2. The number of rotatable bonds is 7. The minimum Gasteiger partial charge on any atom is -0.441 e. The Bertz CT molecular complexity index is 1230. The number of carbonyl (C=O) groups is 2. The molecule has 4 aromatic rings. The molecule has 32 heavy (non-hydrogen) atoms. The zero-order valence-electron chi connectivity index (χ0n) is 17.7. The number of nitrogens with one attached hydrogen (secondary N) is 2. The molecule has 0 atom stereocenters. The molecule has 0 aliphatic heterocycles. The molecule has 0 saturated carbocycles.